The summed E-state index contributed by atoms with van der Waals surface area (Å²) >= 11 is 0. The number of benzene rings is 1. The first-order valence-corrected chi connectivity index (χ1v) is 8.25. The Balaban J connectivity index is 1.67. The first-order valence-electron chi connectivity index (χ1n) is 8.25. The van der Waals surface area contributed by atoms with E-state index in [2.05, 4.69) is 11.0 Å². The summed E-state index contributed by atoms with van der Waals surface area (Å²) in [6, 6.07) is 9.23. The third-order valence-corrected chi connectivity index (χ3v) is 4.00. The van der Waals surface area contributed by atoms with E-state index in [-0.39, 0.29) is 11.9 Å². The summed E-state index contributed by atoms with van der Waals surface area (Å²) in [5.41, 5.74) is 0.635. The lowest BCUT2D eigenvalue weighted by Gasteiger charge is -2.31. The van der Waals surface area contributed by atoms with Crippen LogP contribution in [0.5, 0.6) is 5.75 Å². The van der Waals surface area contributed by atoms with Gasteiger partial charge in [-0.25, -0.2) is 0 Å². The van der Waals surface area contributed by atoms with E-state index < -0.39 is 0 Å². The summed E-state index contributed by atoms with van der Waals surface area (Å²) in [5.74, 6) is 0.737. The standard InChI is InChI=1S/C18H24N2O3/c1-2-22-18(21)16-5-3-10-20(14-16)11-4-12-23-17-8-6-15(13-19)7-9-17/h6-9,16H,2-5,10-12,14H2,1H3. The molecule has 23 heavy (non-hydrogen) atoms. The Morgan fingerprint density at radius 2 is 2.17 bits per heavy atom. The van der Waals surface area contributed by atoms with Gasteiger partial charge in [-0.1, -0.05) is 0 Å². The molecular formula is C18H24N2O3. The number of esters is 1. The molecular weight excluding hydrogens is 292 g/mol. The molecule has 0 aromatic heterocycles. The van der Waals surface area contributed by atoms with E-state index in [9.17, 15) is 4.79 Å². The zero-order valence-electron chi connectivity index (χ0n) is 13.7. The third-order valence-electron chi connectivity index (χ3n) is 4.00. The number of carbonyl (C=O) groups is 1. The lowest BCUT2D eigenvalue weighted by molar-refractivity contribution is -0.149. The van der Waals surface area contributed by atoms with Crippen molar-refractivity contribution in [2.45, 2.75) is 26.2 Å². The fourth-order valence-corrected chi connectivity index (χ4v) is 2.82. The average Bonchev–Trinajstić information content (AvgIpc) is 2.60. The van der Waals surface area contributed by atoms with Crippen LogP contribution in [-0.4, -0.2) is 43.7 Å². The van der Waals surface area contributed by atoms with E-state index in [0.29, 0.717) is 18.8 Å². The molecule has 1 aromatic carbocycles. The zero-order chi connectivity index (χ0) is 16.5. The summed E-state index contributed by atoms with van der Waals surface area (Å²) < 4.78 is 10.8. The minimum Gasteiger partial charge on any atom is -0.494 e. The number of carbonyl (C=O) groups excluding carboxylic acids is 1. The third kappa shape index (κ3) is 5.57. The smallest absolute Gasteiger partial charge is 0.310 e. The van der Waals surface area contributed by atoms with Crippen LogP contribution in [0.15, 0.2) is 24.3 Å². The van der Waals surface area contributed by atoms with Gasteiger partial charge >= 0.3 is 5.97 Å². The molecule has 124 valence electrons. The molecule has 1 aliphatic heterocycles. The van der Waals surface area contributed by atoms with Crippen molar-refractivity contribution in [3.8, 4) is 11.8 Å². The molecule has 1 saturated heterocycles. The molecule has 5 nitrogen and oxygen atoms in total. The first kappa shape index (κ1) is 17.3. The molecule has 0 amide bonds. The minimum absolute atomic E-state index is 0.0168. The van der Waals surface area contributed by atoms with Crippen LogP contribution in [0, 0.1) is 17.2 Å². The van der Waals surface area contributed by atoms with Crippen molar-refractivity contribution in [2.24, 2.45) is 5.92 Å². The summed E-state index contributed by atoms with van der Waals surface area (Å²) in [7, 11) is 0. The topological polar surface area (TPSA) is 62.6 Å². The van der Waals surface area contributed by atoms with Crippen molar-refractivity contribution < 1.29 is 14.3 Å². The highest BCUT2D eigenvalue weighted by Crippen LogP contribution is 2.18. The van der Waals surface area contributed by atoms with Crippen LogP contribution in [-0.2, 0) is 9.53 Å². The number of piperidine rings is 1. The van der Waals surface area contributed by atoms with Crippen LogP contribution in [0.1, 0.15) is 31.7 Å². The average molecular weight is 316 g/mol. The van der Waals surface area contributed by atoms with Gasteiger partial charge in [-0.05, 0) is 57.0 Å². The molecule has 2 rings (SSSR count). The van der Waals surface area contributed by atoms with Crippen molar-refractivity contribution in [3.05, 3.63) is 29.8 Å². The zero-order valence-corrected chi connectivity index (χ0v) is 13.7. The Bertz CT molecular complexity index is 536. The SMILES string of the molecule is CCOC(=O)C1CCCN(CCCOc2ccc(C#N)cc2)C1. The van der Waals surface area contributed by atoms with Gasteiger partial charge in [0, 0.05) is 13.1 Å². The highest BCUT2D eigenvalue weighted by molar-refractivity contribution is 5.72. The second-order valence-corrected chi connectivity index (χ2v) is 5.73. The molecule has 5 heteroatoms. The number of rotatable bonds is 7. The van der Waals surface area contributed by atoms with Crippen LogP contribution >= 0.6 is 0 Å². The Morgan fingerprint density at radius 3 is 2.87 bits per heavy atom. The number of ether oxygens (including phenoxy) is 2. The molecule has 1 heterocycles. The summed E-state index contributed by atoms with van der Waals surface area (Å²) in [4.78, 5) is 14.1. The van der Waals surface area contributed by atoms with Crippen LogP contribution in [0.2, 0.25) is 0 Å². The van der Waals surface area contributed by atoms with Crippen LogP contribution in [0.3, 0.4) is 0 Å². The Kier molecular flexibility index (Phi) is 6.89. The quantitative estimate of drug-likeness (QED) is 0.571. The molecule has 0 spiro atoms. The Labute approximate surface area is 137 Å². The second kappa shape index (κ2) is 9.16. The van der Waals surface area contributed by atoms with E-state index in [1.54, 1.807) is 12.1 Å². The van der Waals surface area contributed by atoms with Crippen molar-refractivity contribution in [3.63, 3.8) is 0 Å². The normalized spacial score (nSPS) is 18.2. The highest BCUT2D eigenvalue weighted by Gasteiger charge is 2.26. The van der Waals surface area contributed by atoms with Crippen LogP contribution in [0.4, 0.5) is 0 Å². The van der Waals surface area contributed by atoms with Gasteiger partial charge in [0.1, 0.15) is 5.75 Å². The predicted molar refractivity (Wildman–Crippen MR) is 87.1 cm³/mol. The van der Waals surface area contributed by atoms with Crippen LogP contribution in [0.25, 0.3) is 0 Å². The van der Waals surface area contributed by atoms with Gasteiger partial charge in [0.2, 0.25) is 0 Å². The maximum absolute atomic E-state index is 11.8. The lowest BCUT2D eigenvalue weighted by Crippen LogP contribution is -2.40. The Morgan fingerprint density at radius 1 is 1.39 bits per heavy atom. The second-order valence-electron chi connectivity index (χ2n) is 5.73. The van der Waals surface area contributed by atoms with Gasteiger partial charge in [0.05, 0.1) is 30.8 Å². The molecule has 0 bridgehead atoms. The number of hydrogen-bond donors (Lipinski definition) is 0. The predicted octanol–water partition coefficient (Wildman–Crippen LogP) is 2.60. The van der Waals surface area contributed by atoms with Gasteiger partial charge in [-0.2, -0.15) is 5.26 Å². The van der Waals surface area contributed by atoms with E-state index in [4.69, 9.17) is 14.7 Å². The van der Waals surface area contributed by atoms with Crippen molar-refractivity contribution in [1.29, 1.82) is 5.26 Å². The molecule has 0 radical (unpaired) electrons. The maximum Gasteiger partial charge on any atom is 0.310 e. The molecule has 1 fully saturated rings. The molecule has 0 aliphatic carbocycles. The summed E-state index contributed by atoms with van der Waals surface area (Å²) in [6.45, 7) is 5.67. The van der Waals surface area contributed by atoms with Crippen molar-refractivity contribution >= 4 is 5.97 Å². The fraction of sp³-hybridized carbons (Fsp3) is 0.556. The van der Waals surface area contributed by atoms with Gasteiger partial charge in [0.25, 0.3) is 0 Å². The minimum atomic E-state index is -0.0639. The lowest BCUT2D eigenvalue weighted by atomic mass is 9.98. The van der Waals surface area contributed by atoms with E-state index in [1.807, 2.05) is 19.1 Å². The highest BCUT2D eigenvalue weighted by atomic mass is 16.5. The molecule has 0 N–H and O–H groups in total. The molecule has 0 saturated carbocycles. The molecule has 1 aromatic rings. The van der Waals surface area contributed by atoms with E-state index >= 15 is 0 Å². The van der Waals surface area contributed by atoms with E-state index in [0.717, 1.165) is 44.6 Å². The molecule has 1 atom stereocenters. The van der Waals surface area contributed by atoms with Crippen LogP contribution < -0.4 is 4.74 Å². The van der Waals surface area contributed by atoms with Gasteiger partial charge in [-0.15, -0.1) is 0 Å². The Hall–Kier alpha value is -2.06. The van der Waals surface area contributed by atoms with Crippen molar-refractivity contribution in [2.75, 3.05) is 32.8 Å². The first-order chi connectivity index (χ1) is 11.2. The van der Waals surface area contributed by atoms with Crippen molar-refractivity contribution in [1.82, 2.24) is 4.90 Å². The molecule has 1 aliphatic rings. The largest absolute Gasteiger partial charge is 0.494 e. The fourth-order valence-electron chi connectivity index (χ4n) is 2.82. The number of hydrogen-bond acceptors (Lipinski definition) is 5. The van der Waals surface area contributed by atoms with Gasteiger partial charge < -0.3 is 14.4 Å². The monoisotopic (exact) mass is 316 g/mol. The molecule has 1 unspecified atom stereocenters. The maximum atomic E-state index is 11.8. The van der Waals surface area contributed by atoms with Gasteiger partial charge in [0.15, 0.2) is 0 Å². The number of likely N-dealkylation sites (tertiary alicyclic amines) is 1. The number of nitriles is 1. The summed E-state index contributed by atoms with van der Waals surface area (Å²) in [5, 5.41) is 8.75. The number of nitrogens with zero attached hydrogens (tertiary/aromatic N) is 2. The van der Waals surface area contributed by atoms with Gasteiger partial charge in [-0.3, -0.25) is 4.79 Å². The van der Waals surface area contributed by atoms with E-state index in [1.165, 1.54) is 0 Å². The summed E-state index contributed by atoms with van der Waals surface area (Å²) in [6.07, 6.45) is 2.88.